The van der Waals surface area contributed by atoms with Crippen LogP contribution in [0.5, 0.6) is 0 Å². The van der Waals surface area contributed by atoms with Crippen LogP contribution < -0.4 is 4.90 Å². The van der Waals surface area contributed by atoms with E-state index >= 15 is 0 Å². The van der Waals surface area contributed by atoms with Gasteiger partial charge in [0.1, 0.15) is 5.82 Å². The van der Waals surface area contributed by atoms with Crippen LogP contribution in [-0.4, -0.2) is 18.1 Å². The largest absolute Gasteiger partial charge is 0.357 e. The van der Waals surface area contributed by atoms with Crippen LogP contribution in [0.1, 0.15) is 25.1 Å². The summed E-state index contributed by atoms with van der Waals surface area (Å²) in [4.78, 5) is 7.04. The van der Waals surface area contributed by atoms with Gasteiger partial charge < -0.3 is 4.90 Å². The smallest absolute Gasteiger partial charge is 0.128 e. The molecule has 0 radical (unpaired) electrons. The van der Waals surface area contributed by atoms with Crippen LogP contribution in [-0.2, 0) is 12.8 Å². The lowest BCUT2D eigenvalue weighted by Gasteiger charge is -2.20. The highest BCUT2D eigenvalue weighted by molar-refractivity contribution is 5.39. The number of anilines is 1. The summed E-state index contributed by atoms with van der Waals surface area (Å²) >= 11 is 0. The Balaban J connectivity index is 2.03. The molecule has 100 valence electrons. The van der Waals surface area contributed by atoms with E-state index in [0.29, 0.717) is 0 Å². The summed E-state index contributed by atoms with van der Waals surface area (Å²) in [6, 6.07) is 16.9. The van der Waals surface area contributed by atoms with Crippen LogP contribution in [0.25, 0.3) is 0 Å². The van der Waals surface area contributed by atoms with Crippen LogP contribution in [0.3, 0.4) is 0 Å². The normalized spacial score (nSPS) is 10.4. The van der Waals surface area contributed by atoms with Gasteiger partial charge in [0.2, 0.25) is 0 Å². The average molecular weight is 254 g/mol. The van der Waals surface area contributed by atoms with Gasteiger partial charge in [0, 0.05) is 18.8 Å². The van der Waals surface area contributed by atoms with Crippen molar-refractivity contribution in [3.05, 3.63) is 59.8 Å². The van der Waals surface area contributed by atoms with Gasteiger partial charge in [0.05, 0.1) is 0 Å². The van der Waals surface area contributed by atoms with Crippen LogP contribution in [0.4, 0.5) is 5.82 Å². The lowest BCUT2D eigenvalue weighted by Crippen LogP contribution is -2.23. The molecule has 19 heavy (non-hydrogen) atoms. The number of nitrogens with zero attached hydrogens (tertiary/aromatic N) is 2. The molecule has 0 aliphatic rings. The second-order valence-corrected chi connectivity index (χ2v) is 4.65. The quantitative estimate of drug-likeness (QED) is 0.781. The first kappa shape index (κ1) is 13.6. The standard InChI is InChI=1S/C17H22N2/c1-3-19(4-2)17-12-8-11-16(18-17)14-13-15-9-6-5-7-10-15/h5-12H,3-4,13-14H2,1-2H3. The van der Waals surface area contributed by atoms with Crippen molar-refractivity contribution in [3.8, 4) is 0 Å². The molecule has 0 aliphatic carbocycles. The SMILES string of the molecule is CCN(CC)c1cccc(CCc2ccccc2)n1. The fourth-order valence-electron chi connectivity index (χ4n) is 2.25. The minimum atomic E-state index is 0.999. The molecule has 0 saturated carbocycles. The first-order chi connectivity index (χ1) is 9.33. The Morgan fingerprint density at radius 2 is 1.58 bits per heavy atom. The molecule has 2 aromatic rings. The van der Waals surface area contributed by atoms with E-state index in [1.165, 1.54) is 11.3 Å². The number of hydrogen-bond donors (Lipinski definition) is 0. The number of aromatic nitrogens is 1. The van der Waals surface area contributed by atoms with Gasteiger partial charge in [0.15, 0.2) is 0 Å². The monoisotopic (exact) mass is 254 g/mol. The number of pyridine rings is 1. The summed E-state index contributed by atoms with van der Waals surface area (Å²) in [5.74, 6) is 1.09. The predicted molar refractivity (Wildman–Crippen MR) is 81.6 cm³/mol. The van der Waals surface area contributed by atoms with Crippen LogP contribution in [0.2, 0.25) is 0 Å². The molecule has 2 nitrogen and oxygen atoms in total. The second-order valence-electron chi connectivity index (χ2n) is 4.65. The Bertz CT molecular complexity index is 490. The second kappa shape index (κ2) is 6.93. The Morgan fingerprint density at radius 3 is 2.26 bits per heavy atom. The number of hydrogen-bond acceptors (Lipinski definition) is 2. The van der Waals surface area contributed by atoms with Crippen LogP contribution in [0.15, 0.2) is 48.5 Å². The molecule has 2 rings (SSSR count). The van der Waals surface area contributed by atoms with Crippen molar-refractivity contribution in [2.75, 3.05) is 18.0 Å². The fraction of sp³-hybridized carbons (Fsp3) is 0.353. The molecular formula is C17H22N2. The third kappa shape index (κ3) is 3.82. The molecule has 0 bridgehead atoms. The fourth-order valence-corrected chi connectivity index (χ4v) is 2.25. The molecule has 1 aromatic heterocycles. The Hall–Kier alpha value is -1.83. The van der Waals surface area contributed by atoms with Gasteiger partial charge >= 0.3 is 0 Å². The maximum Gasteiger partial charge on any atom is 0.128 e. The van der Waals surface area contributed by atoms with Crippen molar-refractivity contribution in [2.45, 2.75) is 26.7 Å². The van der Waals surface area contributed by atoms with E-state index in [4.69, 9.17) is 4.98 Å². The van der Waals surface area contributed by atoms with Gasteiger partial charge in [-0.1, -0.05) is 36.4 Å². The van der Waals surface area contributed by atoms with Crippen molar-refractivity contribution in [1.82, 2.24) is 4.98 Å². The predicted octanol–water partition coefficient (Wildman–Crippen LogP) is 3.71. The summed E-state index contributed by atoms with van der Waals surface area (Å²) < 4.78 is 0. The van der Waals surface area contributed by atoms with Crippen molar-refractivity contribution in [2.24, 2.45) is 0 Å². The van der Waals surface area contributed by atoms with E-state index < -0.39 is 0 Å². The molecule has 0 amide bonds. The van der Waals surface area contributed by atoms with E-state index in [1.807, 2.05) is 0 Å². The summed E-state index contributed by atoms with van der Waals surface area (Å²) in [5.41, 5.74) is 2.55. The molecule has 0 aliphatic heterocycles. The van der Waals surface area contributed by atoms with Crippen LogP contribution >= 0.6 is 0 Å². The minimum Gasteiger partial charge on any atom is -0.357 e. The summed E-state index contributed by atoms with van der Waals surface area (Å²) in [6.45, 7) is 6.35. The molecule has 1 heterocycles. The molecule has 0 N–H and O–H groups in total. The molecular weight excluding hydrogens is 232 g/mol. The minimum absolute atomic E-state index is 0.999. The Kier molecular flexibility index (Phi) is 4.96. The zero-order valence-corrected chi connectivity index (χ0v) is 11.8. The van der Waals surface area contributed by atoms with E-state index in [2.05, 4.69) is 67.3 Å². The van der Waals surface area contributed by atoms with Crippen molar-refractivity contribution < 1.29 is 0 Å². The van der Waals surface area contributed by atoms with Gasteiger partial charge in [-0.3, -0.25) is 0 Å². The van der Waals surface area contributed by atoms with Crippen molar-refractivity contribution in [3.63, 3.8) is 0 Å². The molecule has 0 spiro atoms. The highest BCUT2D eigenvalue weighted by atomic mass is 15.2. The first-order valence-corrected chi connectivity index (χ1v) is 7.08. The maximum atomic E-state index is 4.76. The first-order valence-electron chi connectivity index (χ1n) is 7.08. The van der Waals surface area contributed by atoms with Crippen LogP contribution in [0, 0.1) is 0 Å². The molecule has 0 atom stereocenters. The number of rotatable bonds is 6. The van der Waals surface area contributed by atoms with E-state index in [1.54, 1.807) is 0 Å². The maximum absolute atomic E-state index is 4.76. The van der Waals surface area contributed by atoms with Gasteiger partial charge in [-0.25, -0.2) is 4.98 Å². The van der Waals surface area contributed by atoms with E-state index in [-0.39, 0.29) is 0 Å². The molecule has 0 fully saturated rings. The van der Waals surface area contributed by atoms with Crippen molar-refractivity contribution in [1.29, 1.82) is 0 Å². The zero-order valence-electron chi connectivity index (χ0n) is 11.8. The Morgan fingerprint density at radius 1 is 0.842 bits per heavy atom. The lowest BCUT2D eigenvalue weighted by atomic mass is 10.1. The topological polar surface area (TPSA) is 16.1 Å². The third-order valence-electron chi connectivity index (χ3n) is 3.39. The third-order valence-corrected chi connectivity index (χ3v) is 3.39. The van der Waals surface area contributed by atoms with Gasteiger partial charge in [-0.05, 0) is 44.4 Å². The summed E-state index contributed by atoms with van der Waals surface area (Å²) in [5, 5.41) is 0. The average Bonchev–Trinajstić information content (AvgIpc) is 2.48. The molecule has 0 unspecified atom stereocenters. The van der Waals surface area contributed by atoms with Crippen molar-refractivity contribution >= 4 is 5.82 Å². The summed E-state index contributed by atoms with van der Waals surface area (Å²) in [7, 11) is 0. The number of benzene rings is 1. The van der Waals surface area contributed by atoms with E-state index in [0.717, 1.165) is 31.7 Å². The van der Waals surface area contributed by atoms with Gasteiger partial charge in [-0.2, -0.15) is 0 Å². The van der Waals surface area contributed by atoms with E-state index in [9.17, 15) is 0 Å². The molecule has 1 aromatic carbocycles. The summed E-state index contributed by atoms with van der Waals surface area (Å²) in [6.07, 6.45) is 2.05. The molecule has 2 heteroatoms. The number of aryl methyl sites for hydroxylation is 2. The molecule has 0 saturated heterocycles. The van der Waals surface area contributed by atoms with Gasteiger partial charge in [0.25, 0.3) is 0 Å². The zero-order chi connectivity index (χ0) is 13.5. The highest BCUT2D eigenvalue weighted by Gasteiger charge is 2.04. The lowest BCUT2D eigenvalue weighted by molar-refractivity contribution is 0.828. The Labute approximate surface area is 116 Å². The van der Waals surface area contributed by atoms with Gasteiger partial charge in [-0.15, -0.1) is 0 Å². The highest BCUT2D eigenvalue weighted by Crippen LogP contribution is 2.12.